The lowest BCUT2D eigenvalue weighted by Crippen LogP contribution is -2.11. The van der Waals surface area contributed by atoms with Crippen LogP contribution < -0.4 is 11.4 Å². The molecular formula is C17H22N2O2S. The van der Waals surface area contributed by atoms with Gasteiger partial charge in [-0.05, 0) is 56.0 Å². The first-order valence-corrected chi connectivity index (χ1v) is 8.39. The molecule has 1 aromatic carbocycles. The van der Waals surface area contributed by atoms with Crippen LogP contribution in [-0.2, 0) is 5.75 Å². The summed E-state index contributed by atoms with van der Waals surface area (Å²) in [5, 5.41) is 1.52. The highest BCUT2D eigenvalue weighted by molar-refractivity contribution is 8.13. The van der Waals surface area contributed by atoms with E-state index in [1.54, 1.807) is 6.07 Å². The monoisotopic (exact) mass is 318 g/mol. The Hall–Kier alpha value is -1.75. The van der Waals surface area contributed by atoms with E-state index in [0.717, 1.165) is 22.9 Å². The first-order valence-electron chi connectivity index (χ1n) is 7.40. The molecule has 2 aromatic rings. The number of nitrogens with two attached hydrogens (primary N) is 1. The van der Waals surface area contributed by atoms with Crippen molar-refractivity contribution in [3.05, 3.63) is 45.3 Å². The van der Waals surface area contributed by atoms with Crippen molar-refractivity contribution in [2.75, 3.05) is 0 Å². The van der Waals surface area contributed by atoms with Gasteiger partial charge in [0.25, 0.3) is 0 Å². The minimum absolute atomic E-state index is 0.218. The predicted octanol–water partition coefficient (Wildman–Crippen LogP) is 3.76. The number of fused-ring (bicyclic) bond motifs is 1. The third-order valence-corrected chi connectivity index (χ3v) is 4.62. The Morgan fingerprint density at radius 1 is 1.32 bits per heavy atom. The number of thioether (sulfide) groups is 1. The SMILES string of the molecule is CC[C@H](C)N=C(N)SCc1cc(=O)oc2cc(C)c(C)cc12. The van der Waals surface area contributed by atoms with Gasteiger partial charge in [0, 0.05) is 23.2 Å². The highest BCUT2D eigenvalue weighted by atomic mass is 32.2. The third kappa shape index (κ3) is 3.91. The van der Waals surface area contributed by atoms with Gasteiger partial charge in [-0.25, -0.2) is 4.79 Å². The molecule has 0 fully saturated rings. The van der Waals surface area contributed by atoms with Gasteiger partial charge in [0.2, 0.25) is 0 Å². The lowest BCUT2D eigenvalue weighted by atomic mass is 10.0. The van der Waals surface area contributed by atoms with Gasteiger partial charge in [-0.15, -0.1) is 0 Å². The minimum atomic E-state index is -0.330. The fourth-order valence-corrected chi connectivity index (χ4v) is 2.90. The first kappa shape index (κ1) is 16.6. The maximum absolute atomic E-state index is 11.7. The summed E-state index contributed by atoms with van der Waals surface area (Å²) < 4.78 is 5.30. The second-order valence-electron chi connectivity index (χ2n) is 5.54. The van der Waals surface area contributed by atoms with Gasteiger partial charge < -0.3 is 10.2 Å². The van der Waals surface area contributed by atoms with Crippen molar-refractivity contribution in [2.45, 2.75) is 45.9 Å². The molecule has 0 aliphatic carbocycles. The Morgan fingerprint density at radius 2 is 2.00 bits per heavy atom. The predicted molar refractivity (Wildman–Crippen MR) is 94.6 cm³/mol. The summed E-state index contributed by atoms with van der Waals surface area (Å²) in [6, 6.07) is 5.73. The zero-order valence-corrected chi connectivity index (χ0v) is 14.3. The Bertz CT molecular complexity index is 765. The molecule has 1 aromatic heterocycles. The number of aryl methyl sites for hydroxylation is 2. The summed E-state index contributed by atoms with van der Waals surface area (Å²) >= 11 is 1.45. The summed E-state index contributed by atoms with van der Waals surface area (Å²) in [4.78, 5) is 16.1. The highest BCUT2D eigenvalue weighted by Gasteiger charge is 2.09. The summed E-state index contributed by atoms with van der Waals surface area (Å²) in [6.45, 7) is 8.17. The molecule has 0 bridgehead atoms. The zero-order valence-electron chi connectivity index (χ0n) is 13.5. The van der Waals surface area contributed by atoms with Gasteiger partial charge in [0.05, 0.1) is 0 Å². The van der Waals surface area contributed by atoms with Crippen LogP contribution in [0.2, 0.25) is 0 Å². The van der Waals surface area contributed by atoms with Crippen LogP contribution in [0.5, 0.6) is 0 Å². The van der Waals surface area contributed by atoms with Crippen LogP contribution >= 0.6 is 11.8 Å². The van der Waals surface area contributed by atoms with Crippen molar-refractivity contribution in [2.24, 2.45) is 10.7 Å². The van der Waals surface area contributed by atoms with E-state index >= 15 is 0 Å². The van der Waals surface area contributed by atoms with E-state index in [0.29, 0.717) is 16.5 Å². The fraction of sp³-hybridized carbons (Fsp3) is 0.412. The Kier molecular flexibility index (Phi) is 5.29. The molecule has 0 aliphatic rings. The van der Waals surface area contributed by atoms with Crippen LogP contribution in [0.3, 0.4) is 0 Å². The Balaban J connectivity index is 2.33. The van der Waals surface area contributed by atoms with Gasteiger partial charge in [-0.3, -0.25) is 4.99 Å². The molecule has 5 heteroatoms. The minimum Gasteiger partial charge on any atom is -0.423 e. The van der Waals surface area contributed by atoms with Crippen molar-refractivity contribution < 1.29 is 4.42 Å². The number of rotatable bonds is 4. The van der Waals surface area contributed by atoms with E-state index in [1.807, 2.05) is 19.9 Å². The van der Waals surface area contributed by atoms with Crippen molar-refractivity contribution in [1.29, 1.82) is 0 Å². The van der Waals surface area contributed by atoms with Crippen LogP contribution in [0.4, 0.5) is 0 Å². The molecular weight excluding hydrogens is 296 g/mol. The Morgan fingerprint density at radius 3 is 2.68 bits per heavy atom. The largest absolute Gasteiger partial charge is 0.423 e. The maximum Gasteiger partial charge on any atom is 0.336 e. The highest BCUT2D eigenvalue weighted by Crippen LogP contribution is 2.24. The second-order valence-corrected chi connectivity index (χ2v) is 6.53. The van der Waals surface area contributed by atoms with E-state index in [4.69, 9.17) is 10.2 Å². The lowest BCUT2D eigenvalue weighted by molar-refractivity contribution is 0.559. The number of aliphatic imine (C=N–C) groups is 1. The molecule has 2 rings (SSSR count). The van der Waals surface area contributed by atoms with Crippen molar-refractivity contribution >= 4 is 27.9 Å². The number of hydrogen-bond acceptors (Lipinski definition) is 4. The molecule has 4 nitrogen and oxygen atoms in total. The van der Waals surface area contributed by atoms with Gasteiger partial charge in [0.15, 0.2) is 5.17 Å². The molecule has 0 saturated carbocycles. The zero-order chi connectivity index (χ0) is 16.3. The molecule has 0 radical (unpaired) electrons. The molecule has 0 saturated heterocycles. The third-order valence-electron chi connectivity index (χ3n) is 3.76. The van der Waals surface area contributed by atoms with Crippen molar-refractivity contribution in [3.8, 4) is 0 Å². The van der Waals surface area contributed by atoms with Crippen molar-refractivity contribution in [1.82, 2.24) is 0 Å². The number of nitrogens with zero attached hydrogens (tertiary/aromatic N) is 1. The fourth-order valence-electron chi connectivity index (χ4n) is 2.10. The molecule has 0 unspecified atom stereocenters. The van der Waals surface area contributed by atoms with E-state index in [2.05, 4.69) is 24.9 Å². The van der Waals surface area contributed by atoms with E-state index in [9.17, 15) is 4.79 Å². The van der Waals surface area contributed by atoms with Crippen LogP contribution in [0.1, 0.15) is 37.0 Å². The molecule has 22 heavy (non-hydrogen) atoms. The number of benzene rings is 1. The Labute approximate surface area is 134 Å². The lowest BCUT2D eigenvalue weighted by Gasteiger charge is -2.09. The van der Waals surface area contributed by atoms with E-state index in [-0.39, 0.29) is 11.7 Å². The van der Waals surface area contributed by atoms with Gasteiger partial charge in [-0.1, -0.05) is 18.7 Å². The number of hydrogen-bond donors (Lipinski definition) is 1. The van der Waals surface area contributed by atoms with Crippen LogP contribution in [-0.4, -0.2) is 11.2 Å². The smallest absolute Gasteiger partial charge is 0.336 e. The summed E-state index contributed by atoms with van der Waals surface area (Å²) in [5.41, 5.74) is 9.46. The topological polar surface area (TPSA) is 68.6 Å². The second kappa shape index (κ2) is 7.01. The molecule has 0 spiro atoms. The van der Waals surface area contributed by atoms with Gasteiger partial charge in [0.1, 0.15) is 5.58 Å². The van der Waals surface area contributed by atoms with E-state index in [1.165, 1.54) is 17.3 Å². The summed E-state index contributed by atoms with van der Waals surface area (Å²) in [7, 11) is 0. The summed E-state index contributed by atoms with van der Waals surface area (Å²) in [6.07, 6.45) is 0.956. The molecule has 1 atom stereocenters. The quantitative estimate of drug-likeness (QED) is 0.529. The molecule has 2 N–H and O–H groups in total. The molecule has 118 valence electrons. The average Bonchev–Trinajstić information content (AvgIpc) is 2.46. The van der Waals surface area contributed by atoms with Crippen molar-refractivity contribution in [3.63, 3.8) is 0 Å². The van der Waals surface area contributed by atoms with Gasteiger partial charge >= 0.3 is 5.63 Å². The maximum atomic E-state index is 11.7. The van der Waals surface area contributed by atoms with E-state index < -0.39 is 0 Å². The van der Waals surface area contributed by atoms with Crippen LogP contribution in [0, 0.1) is 13.8 Å². The molecule has 1 heterocycles. The standard InChI is InChI=1S/C17H22N2O2S/c1-5-12(4)19-17(18)22-9-13-8-16(20)21-15-7-11(3)10(2)6-14(13)15/h6-8,12H,5,9H2,1-4H3,(H2,18,19)/t12-/m0/s1. The van der Waals surface area contributed by atoms with Crippen LogP contribution in [0.25, 0.3) is 11.0 Å². The normalized spacial score (nSPS) is 13.5. The average molecular weight is 318 g/mol. The van der Waals surface area contributed by atoms with Crippen LogP contribution in [0.15, 0.2) is 32.4 Å². The number of amidine groups is 1. The molecule has 0 aliphatic heterocycles. The first-order chi connectivity index (χ1) is 10.4. The molecule has 0 amide bonds. The summed E-state index contributed by atoms with van der Waals surface area (Å²) in [5.74, 6) is 0.608. The van der Waals surface area contributed by atoms with Gasteiger partial charge in [-0.2, -0.15) is 0 Å².